The van der Waals surface area contributed by atoms with Gasteiger partial charge in [-0.3, -0.25) is 0 Å². The van der Waals surface area contributed by atoms with Gasteiger partial charge in [0, 0.05) is 10.8 Å². The fourth-order valence-corrected chi connectivity index (χ4v) is 1.88. The topological polar surface area (TPSA) is 25.8 Å². The highest BCUT2D eigenvalue weighted by Gasteiger charge is 1.94. The third-order valence-corrected chi connectivity index (χ3v) is 2.37. The Bertz CT molecular complexity index is 233. The molecule has 8 heavy (non-hydrogen) atoms. The summed E-state index contributed by atoms with van der Waals surface area (Å²) in [5, 5.41) is 3.17. The van der Waals surface area contributed by atoms with E-state index in [-0.39, 0.29) is 0 Å². The van der Waals surface area contributed by atoms with Crippen molar-refractivity contribution in [2.24, 2.45) is 0 Å². The predicted molar refractivity (Wildman–Crippen MR) is 35.3 cm³/mol. The molecule has 0 bridgehead atoms. The van der Waals surface area contributed by atoms with Gasteiger partial charge < -0.3 is 0 Å². The quantitative estimate of drug-likeness (QED) is 0.560. The molecule has 2 nitrogen and oxygen atoms in total. The van der Waals surface area contributed by atoms with Crippen molar-refractivity contribution >= 4 is 33.3 Å². The minimum absolute atomic E-state index is 1.05. The Labute approximate surface area is 54.1 Å². The Morgan fingerprint density at radius 3 is 3.38 bits per heavy atom. The number of rotatable bonds is 0. The molecule has 40 valence electrons. The first kappa shape index (κ1) is 4.40. The van der Waals surface area contributed by atoms with E-state index in [0.717, 1.165) is 4.83 Å². The molecule has 0 fully saturated rings. The first-order chi connectivity index (χ1) is 3.97. The number of fused-ring (bicyclic) bond motifs is 1. The molecule has 0 aliphatic rings. The molecule has 0 saturated heterocycles. The van der Waals surface area contributed by atoms with Crippen LogP contribution in [0.3, 0.4) is 0 Å². The van der Waals surface area contributed by atoms with Crippen LogP contribution in [0.2, 0.25) is 0 Å². The fourth-order valence-electron chi connectivity index (χ4n) is 0.522. The normalized spacial score (nSPS) is 10.5. The zero-order chi connectivity index (χ0) is 5.40. The highest BCUT2D eigenvalue weighted by atomic mass is 32.1. The van der Waals surface area contributed by atoms with Crippen molar-refractivity contribution in [1.29, 1.82) is 0 Å². The Morgan fingerprint density at radius 1 is 1.50 bits per heavy atom. The molecule has 0 amide bonds. The minimum Gasteiger partial charge on any atom is -0.198 e. The van der Waals surface area contributed by atoms with Crippen LogP contribution in [0, 0.1) is 0 Å². The minimum atomic E-state index is 1.05. The lowest BCUT2D eigenvalue weighted by Gasteiger charge is -1.58. The van der Waals surface area contributed by atoms with E-state index in [0.29, 0.717) is 0 Å². The van der Waals surface area contributed by atoms with Gasteiger partial charge in [-0.25, -0.2) is 0 Å². The van der Waals surface area contributed by atoms with Crippen molar-refractivity contribution in [1.82, 2.24) is 8.75 Å². The maximum absolute atomic E-state index is 4.08. The van der Waals surface area contributed by atoms with E-state index in [9.17, 15) is 0 Å². The molecule has 0 aromatic carbocycles. The molecule has 2 aromatic heterocycles. The van der Waals surface area contributed by atoms with E-state index >= 15 is 0 Å². The Hall–Kier alpha value is -0.480. The lowest BCUT2D eigenvalue weighted by atomic mass is 10.5. The van der Waals surface area contributed by atoms with Gasteiger partial charge in [-0.1, -0.05) is 0 Å². The van der Waals surface area contributed by atoms with E-state index in [1.165, 1.54) is 28.5 Å². The molecule has 2 rings (SSSR count). The van der Waals surface area contributed by atoms with Crippen molar-refractivity contribution < 1.29 is 0 Å². The summed E-state index contributed by atoms with van der Waals surface area (Å²) >= 11 is 2.92. The summed E-state index contributed by atoms with van der Waals surface area (Å²) in [6.07, 6.45) is 1.84. The highest BCUT2D eigenvalue weighted by Crippen LogP contribution is 2.16. The second kappa shape index (κ2) is 1.50. The van der Waals surface area contributed by atoms with Crippen LogP contribution in [0.25, 0.3) is 10.2 Å². The van der Waals surface area contributed by atoms with Crippen LogP contribution in [0.5, 0.6) is 0 Å². The summed E-state index contributed by atoms with van der Waals surface area (Å²) in [4.78, 5) is 1.05. The lowest BCUT2D eigenvalue weighted by molar-refractivity contribution is 1.61. The third-order valence-electron chi connectivity index (χ3n) is 0.893. The zero-order valence-electron chi connectivity index (χ0n) is 3.87. The molecule has 0 aliphatic heterocycles. The highest BCUT2D eigenvalue weighted by molar-refractivity contribution is 7.16. The molecule has 0 atom stereocenters. The number of aromatic nitrogens is 2. The molecule has 0 radical (unpaired) electrons. The Kier molecular flexibility index (Phi) is 0.824. The van der Waals surface area contributed by atoms with Crippen LogP contribution in [0.15, 0.2) is 11.6 Å². The molecule has 2 heterocycles. The van der Waals surface area contributed by atoms with E-state index in [4.69, 9.17) is 0 Å². The van der Waals surface area contributed by atoms with Crippen molar-refractivity contribution in [3.63, 3.8) is 0 Å². The largest absolute Gasteiger partial charge is 0.198 e. The maximum atomic E-state index is 4.08. The van der Waals surface area contributed by atoms with Crippen LogP contribution >= 0.6 is 23.1 Å². The lowest BCUT2D eigenvalue weighted by Crippen LogP contribution is -1.43. The number of nitrogens with zero attached hydrogens (tertiary/aromatic N) is 2. The summed E-state index contributed by atoms with van der Waals surface area (Å²) in [5.74, 6) is 0. The second-order valence-electron chi connectivity index (χ2n) is 1.40. The van der Waals surface area contributed by atoms with E-state index in [2.05, 4.69) is 8.75 Å². The average molecular weight is 142 g/mol. The molecular formula is C4H2N2S2. The Balaban J connectivity index is 3.06. The first-order valence-electron chi connectivity index (χ1n) is 2.11. The van der Waals surface area contributed by atoms with Crippen molar-refractivity contribution in [3.05, 3.63) is 11.6 Å². The molecule has 0 N–H and O–H groups in total. The standard InChI is InChI=1S/C4H2N2S2/c1-3-2-7-6-4(3)8-5-1/h1-2H. The van der Waals surface area contributed by atoms with Gasteiger partial charge >= 0.3 is 0 Å². The third kappa shape index (κ3) is 0.468. The summed E-state index contributed by atoms with van der Waals surface area (Å²) in [6, 6.07) is 0. The van der Waals surface area contributed by atoms with Crippen molar-refractivity contribution in [2.45, 2.75) is 0 Å². The Morgan fingerprint density at radius 2 is 2.50 bits per heavy atom. The fraction of sp³-hybridized carbons (Fsp3) is 0. The van der Waals surface area contributed by atoms with Crippen LogP contribution in [0.4, 0.5) is 0 Å². The smallest absolute Gasteiger partial charge is 0.157 e. The van der Waals surface area contributed by atoms with Gasteiger partial charge in [0.15, 0.2) is 4.83 Å². The zero-order valence-corrected chi connectivity index (χ0v) is 5.50. The summed E-state index contributed by atoms with van der Waals surface area (Å²) < 4.78 is 8.02. The second-order valence-corrected chi connectivity index (χ2v) is 2.81. The van der Waals surface area contributed by atoms with Crippen LogP contribution in [-0.4, -0.2) is 8.75 Å². The predicted octanol–water partition coefficient (Wildman–Crippen LogP) is 1.75. The van der Waals surface area contributed by atoms with E-state index in [1.54, 1.807) is 0 Å². The van der Waals surface area contributed by atoms with Gasteiger partial charge in [0.05, 0.1) is 6.20 Å². The van der Waals surface area contributed by atoms with Gasteiger partial charge in [0.2, 0.25) is 0 Å². The van der Waals surface area contributed by atoms with Crippen LogP contribution < -0.4 is 0 Å². The first-order valence-corrected chi connectivity index (χ1v) is 3.72. The summed E-state index contributed by atoms with van der Waals surface area (Å²) in [5.41, 5.74) is 0. The van der Waals surface area contributed by atoms with Crippen LogP contribution in [0.1, 0.15) is 0 Å². The van der Waals surface area contributed by atoms with Crippen LogP contribution in [-0.2, 0) is 0 Å². The molecule has 0 saturated carbocycles. The molecule has 0 aliphatic carbocycles. The molecular weight excluding hydrogens is 140 g/mol. The monoisotopic (exact) mass is 142 g/mol. The van der Waals surface area contributed by atoms with E-state index < -0.39 is 0 Å². The van der Waals surface area contributed by atoms with Gasteiger partial charge in [-0.2, -0.15) is 8.75 Å². The van der Waals surface area contributed by atoms with Gasteiger partial charge in [0.1, 0.15) is 0 Å². The molecule has 0 unspecified atom stereocenters. The SMILES string of the molecule is c1nsc2nscc12. The van der Waals surface area contributed by atoms with Crippen molar-refractivity contribution in [3.8, 4) is 0 Å². The van der Waals surface area contributed by atoms with E-state index in [1.807, 2.05) is 11.6 Å². The number of hydrogen-bond donors (Lipinski definition) is 0. The maximum Gasteiger partial charge on any atom is 0.157 e. The molecule has 0 spiro atoms. The van der Waals surface area contributed by atoms with Gasteiger partial charge in [0.25, 0.3) is 0 Å². The summed E-state index contributed by atoms with van der Waals surface area (Å²) in [7, 11) is 0. The molecule has 2 aromatic rings. The van der Waals surface area contributed by atoms with Gasteiger partial charge in [-0.15, -0.1) is 0 Å². The van der Waals surface area contributed by atoms with Gasteiger partial charge in [-0.05, 0) is 23.1 Å². The molecule has 4 heteroatoms. The van der Waals surface area contributed by atoms with Crippen molar-refractivity contribution in [2.75, 3.05) is 0 Å². The number of hydrogen-bond acceptors (Lipinski definition) is 4. The summed E-state index contributed by atoms with van der Waals surface area (Å²) in [6.45, 7) is 0. The average Bonchev–Trinajstić information content (AvgIpc) is 2.15.